The molecule has 0 amide bonds. The van der Waals surface area contributed by atoms with Crippen molar-refractivity contribution in [2.24, 2.45) is 5.41 Å². The fourth-order valence-corrected chi connectivity index (χ4v) is 4.46. The lowest BCUT2D eigenvalue weighted by Gasteiger charge is -2.60. The van der Waals surface area contributed by atoms with Crippen LogP contribution in [0.15, 0.2) is 36.4 Å². The van der Waals surface area contributed by atoms with Crippen molar-refractivity contribution >= 4 is 0 Å². The average molecular weight is 210 g/mol. The van der Waals surface area contributed by atoms with Crippen molar-refractivity contribution in [3.05, 3.63) is 47.5 Å². The summed E-state index contributed by atoms with van der Waals surface area (Å²) in [5.74, 6) is 0. The van der Waals surface area contributed by atoms with Crippen LogP contribution >= 0.6 is 0 Å². The minimum atomic E-state index is 0.445. The highest BCUT2D eigenvalue weighted by molar-refractivity contribution is 5.51. The smallest absolute Gasteiger partial charge is 0.0226 e. The van der Waals surface area contributed by atoms with Crippen molar-refractivity contribution in [1.29, 1.82) is 0 Å². The summed E-state index contributed by atoms with van der Waals surface area (Å²) in [6.45, 7) is 0. The Balaban J connectivity index is 1.95. The molecule has 82 valence electrons. The Morgan fingerprint density at radius 2 is 1.75 bits per heavy atom. The number of aryl methyl sites for hydroxylation is 1. The molecule has 0 radical (unpaired) electrons. The molecule has 2 atom stereocenters. The van der Waals surface area contributed by atoms with Gasteiger partial charge in [-0.15, -0.1) is 0 Å². The van der Waals surface area contributed by atoms with Gasteiger partial charge in [-0.3, -0.25) is 0 Å². The van der Waals surface area contributed by atoms with Gasteiger partial charge in [0.15, 0.2) is 0 Å². The standard InChI is InChI=1S/C16H18/c1-2-6-14-13(5-1)7-10-15-8-3-4-9-16(14,15)12-11-15/h1-2,5-6,11-12H,3-4,7-10H2/t15-,16-/m0/s1. The number of hydrogen-bond donors (Lipinski definition) is 0. The zero-order valence-corrected chi connectivity index (χ0v) is 9.71. The molecule has 1 saturated carbocycles. The lowest BCUT2D eigenvalue weighted by atomic mass is 9.43. The summed E-state index contributed by atoms with van der Waals surface area (Å²) in [6, 6.07) is 9.16. The van der Waals surface area contributed by atoms with Crippen molar-refractivity contribution in [1.82, 2.24) is 0 Å². The fourth-order valence-electron chi connectivity index (χ4n) is 4.46. The minimum absolute atomic E-state index is 0.445. The Morgan fingerprint density at radius 1 is 0.875 bits per heavy atom. The molecule has 1 fully saturated rings. The van der Waals surface area contributed by atoms with Gasteiger partial charge in [-0.05, 0) is 36.8 Å². The van der Waals surface area contributed by atoms with E-state index in [1.165, 1.54) is 38.5 Å². The van der Waals surface area contributed by atoms with E-state index in [4.69, 9.17) is 0 Å². The molecule has 3 aliphatic carbocycles. The quantitative estimate of drug-likeness (QED) is 0.568. The minimum Gasteiger partial charge on any atom is -0.0802 e. The molecule has 0 aromatic heterocycles. The second kappa shape index (κ2) is 2.80. The molecule has 0 heterocycles. The van der Waals surface area contributed by atoms with Gasteiger partial charge in [0.2, 0.25) is 0 Å². The molecule has 0 bridgehead atoms. The number of benzene rings is 1. The van der Waals surface area contributed by atoms with Crippen LogP contribution in [0, 0.1) is 5.41 Å². The maximum atomic E-state index is 2.53. The molecule has 16 heavy (non-hydrogen) atoms. The van der Waals surface area contributed by atoms with Crippen molar-refractivity contribution in [2.75, 3.05) is 0 Å². The highest BCUT2D eigenvalue weighted by Gasteiger charge is 2.57. The third-order valence-corrected chi connectivity index (χ3v) is 5.36. The topological polar surface area (TPSA) is 0 Å². The lowest BCUT2D eigenvalue weighted by molar-refractivity contribution is 0.0906. The molecular formula is C16H18. The van der Waals surface area contributed by atoms with E-state index >= 15 is 0 Å². The van der Waals surface area contributed by atoms with E-state index in [9.17, 15) is 0 Å². The predicted molar refractivity (Wildman–Crippen MR) is 66.5 cm³/mol. The Hall–Kier alpha value is -1.04. The molecule has 4 rings (SSSR count). The van der Waals surface area contributed by atoms with Crippen LogP contribution in [0.4, 0.5) is 0 Å². The summed E-state index contributed by atoms with van der Waals surface area (Å²) >= 11 is 0. The SMILES string of the molecule is C1=C[C@]23CCCC[C@]12CCc1ccccc13. The van der Waals surface area contributed by atoms with Crippen molar-refractivity contribution in [3.63, 3.8) is 0 Å². The summed E-state index contributed by atoms with van der Waals surface area (Å²) in [5.41, 5.74) is 4.27. The van der Waals surface area contributed by atoms with E-state index in [0.29, 0.717) is 10.8 Å². The second-order valence-electron chi connectivity index (χ2n) is 5.83. The molecule has 0 saturated heterocycles. The Kier molecular flexibility index (Phi) is 1.58. The first-order valence-electron chi connectivity index (χ1n) is 6.65. The zero-order valence-electron chi connectivity index (χ0n) is 9.71. The van der Waals surface area contributed by atoms with Gasteiger partial charge in [0.25, 0.3) is 0 Å². The summed E-state index contributed by atoms with van der Waals surface area (Å²) in [5, 5.41) is 0. The van der Waals surface area contributed by atoms with Crippen LogP contribution in [0.3, 0.4) is 0 Å². The van der Waals surface area contributed by atoms with Crippen LogP contribution in [0.25, 0.3) is 0 Å². The first kappa shape index (κ1) is 9.04. The van der Waals surface area contributed by atoms with Gasteiger partial charge in [0.05, 0.1) is 0 Å². The highest BCUT2D eigenvalue weighted by Crippen LogP contribution is 2.64. The lowest BCUT2D eigenvalue weighted by Crippen LogP contribution is -2.54. The van der Waals surface area contributed by atoms with Gasteiger partial charge < -0.3 is 0 Å². The van der Waals surface area contributed by atoms with Gasteiger partial charge in [-0.25, -0.2) is 0 Å². The Labute approximate surface area is 97.4 Å². The van der Waals surface area contributed by atoms with Crippen molar-refractivity contribution in [3.8, 4) is 0 Å². The summed E-state index contributed by atoms with van der Waals surface area (Å²) < 4.78 is 0. The van der Waals surface area contributed by atoms with Crippen LogP contribution in [0.1, 0.15) is 43.2 Å². The van der Waals surface area contributed by atoms with Crippen molar-refractivity contribution < 1.29 is 0 Å². The maximum absolute atomic E-state index is 2.53. The normalized spacial score (nSPS) is 39.2. The first-order chi connectivity index (χ1) is 7.86. The number of rotatable bonds is 0. The third-order valence-electron chi connectivity index (χ3n) is 5.36. The largest absolute Gasteiger partial charge is 0.0802 e. The highest BCUT2D eigenvalue weighted by atomic mass is 14.6. The first-order valence-corrected chi connectivity index (χ1v) is 6.65. The van der Waals surface area contributed by atoms with E-state index in [1.54, 1.807) is 11.1 Å². The number of fused-ring (bicyclic) bond motifs is 1. The molecule has 0 aliphatic heterocycles. The van der Waals surface area contributed by atoms with Gasteiger partial charge in [0.1, 0.15) is 0 Å². The molecule has 0 nitrogen and oxygen atoms in total. The summed E-state index contributed by atoms with van der Waals surface area (Å²) in [4.78, 5) is 0. The van der Waals surface area contributed by atoms with E-state index in [1.807, 2.05) is 0 Å². The molecule has 0 spiro atoms. The predicted octanol–water partition coefficient (Wildman–Crippen LogP) is 4.00. The van der Waals surface area contributed by atoms with E-state index in [-0.39, 0.29) is 0 Å². The second-order valence-corrected chi connectivity index (χ2v) is 5.83. The zero-order chi connectivity index (χ0) is 10.6. The summed E-state index contributed by atoms with van der Waals surface area (Å²) in [7, 11) is 0. The fraction of sp³-hybridized carbons (Fsp3) is 0.500. The Morgan fingerprint density at radius 3 is 2.62 bits per heavy atom. The average Bonchev–Trinajstić information content (AvgIpc) is 2.31. The van der Waals surface area contributed by atoms with Gasteiger partial charge in [0, 0.05) is 10.8 Å². The van der Waals surface area contributed by atoms with Crippen LogP contribution in [-0.2, 0) is 11.8 Å². The molecule has 0 N–H and O–H groups in total. The van der Waals surface area contributed by atoms with Gasteiger partial charge in [-0.2, -0.15) is 0 Å². The van der Waals surface area contributed by atoms with E-state index in [0.717, 1.165) is 0 Å². The molecule has 3 aliphatic rings. The van der Waals surface area contributed by atoms with Gasteiger partial charge >= 0.3 is 0 Å². The molecule has 0 unspecified atom stereocenters. The van der Waals surface area contributed by atoms with Crippen LogP contribution < -0.4 is 0 Å². The maximum Gasteiger partial charge on any atom is 0.0226 e. The molecule has 1 aromatic carbocycles. The van der Waals surface area contributed by atoms with Crippen LogP contribution in [-0.4, -0.2) is 0 Å². The monoisotopic (exact) mass is 210 g/mol. The van der Waals surface area contributed by atoms with Crippen LogP contribution in [0.2, 0.25) is 0 Å². The number of hydrogen-bond acceptors (Lipinski definition) is 0. The molecule has 1 aromatic rings. The molecule has 0 heteroatoms. The Bertz CT molecular complexity index is 471. The number of allylic oxidation sites excluding steroid dienone is 2. The van der Waals surface area contributed by atoms with E-state index in [2.05, 4.69) is 36.4 Å². The molecular weight excluding hydrogens is 192 g/mol. The van der Waals surface area contributed by atoms with Crippen molar-refractivity contribution in [2.45, 2.75) is 43.9 Å². The summed E-state index contributed by atoms with van der Waals surface area (Å²) in [6.07, 6.45) is 13.4. The van der Waals surface area contributed by atoms with Crippen LogP contribution in [0.5, 0.6) is 0 Å². The van der Waals surface area contributed by atoms with Gasteiger partial charge in [-0.1, -0.05) is 49.3 Å². The van der Waals surface area contributed by atoms with E-state index < -0.39 is 0 Å². The third kappa shape index (κ3) is 0.841.